The van der Waals surface area contributed by atoms with E-state index in [-0.39, 0.29) is 17.9 Å². The average Bonchev–Trinajstić information content (AvgIpc) is 2.44. The van der Waals surface area contributed by atoms with E-state index in [0.29, 0.717) is 0 Å². The van der Waals surface area contributed by atoms with E-state index < -0.39 is 30.0 Å². The third-order valence-corrected chi connectivity index (χ3v) is 2.62. The summed E-state index contributed by atoms with van der Waals surface area (Å²) in [5, 5.41) is 0. The van der Waals surface area contributed by atoms with Gasteiger partial charge in [-0.2, -0.15) is 17.6 Å². The van der Waals surface area contributed by atoms with Crippen LogP contribution in [0.4, 0.5) is 17.6 Å². The van der Waals surface area contributed by atoms with Crippen molar-refractivity contribution in [1.29, 1.82) is 0 Å². The van der Waals surface area contributed by atoms with Crippen LogP contribution < -0.4 is 4.74 Å². The molecular formula is C14H14F4O3. The summed E-state index contributed by atoms with van der Waals surface area (Å²) >= 11 is 0. The average molecular weight is 306 g/mol. The molecule has 0 radical (unpaired) electrons. The van der Waals surface area contributed by atoms with Crippen LogP contribution in [-0.4, -0.2) is 25.6 Å². The summed E-state index contributed by atoms with van der Waals surface area (Å²) in [7, 11) is 1.32. The van der Waals surface area contributed by atoms with Crippen LogP contribution >= 0.6 is 0 Å². The van der Waals surface area contributed by atoms with Crippen molar-refractivity contribution >= 4 is 11.5 Å². The predicted molar refractivity (Wildman–Crippen MR) is 68.3 cm³/mol. The van der Waals surface area contributed by atoms with Gasteiger partial charge in [-0.05, 0) is 24.6 Å². The van der Waals surface area contributed by atoms with Gasteiger partial charge in [-0.3, -0.25) is 0 Å². The number of hydrogen-bond acceptors (Lipinski definition) is 3. The van der Waals surface area contributed by atoms with Crippen LogP contribution in [0.1, 0.15) is 18.9 Å². The first-order chi connectivity index (χ1) is 9.81. The van der Waals surface area contributed by atoms with Gasteiger partial charge in [0.15, 0.2) is 0 Å². The summed E-state index contributed by atoms with van der Waals surface area (Å²) in [5.74, 6) is -5.62. The summed E-state index contributed by atoms with van der Waals surface area (Å²) < 4.78 is 62.2. The summed E-state index contributed by atoms with van der Waals surface area (Å²) in [5.41, 5.74) is -1.06. The van der Waals surface area contributed by atoms with Crippen molar-refractivity contribution < 1.29 is 31.8 Å². The topological polar surface area (TPSA) is 35.5 Å². The maximum atomic E-state index is 13.6. The Morgan fingerprint density at radius 3 is 2.48 bits per heavy atom. The highest BCUT2D eigenvalue weighted by atomic mass is 19.3. The second-order valence-corrected chi connectivity index (χ2v) is 4.07. The monoisotopic (exact) mass is 306 g/mol. The molecule has 0 spiro atoms. The number of esters is 1. The standard InChI is InChI=1S/C14H14F4O3/c1-3-21-13(19)14(17,18)8-11(12(15)16)9-5-4-6-10(7-9)20-2/h4-7H,3,8H2,1-2H3. The Hall–Kier alpha value is -2.05. The van der Waals surface area contributed by atoms with Crippen molar-refractivity contribution in [1.82, 2.24) is 0 Å². The molecule has 0 aliphatic heterocycles. The van der Waals surface area contributed by atoms with Crippen molar-refractivity contribution in [2.45, 2.75) is 19.3 Å². The third-order valence-electron chi connectivity index (χ3n) is 2.62. The molecule has 1 rings (SSSR count). The first-order valence-electron chi connectivity index (χ1n) is 6.05. The molecule has 0 heterocycles. The van der Waals surface area contributed by atoms with E-state index in [2.05, 4.69) is 4.74 Å². The van der Waals surface area contributed by atoms with E-state index in [4.69, 9.17) is 4.74 Å². The molecule has 0 aliphatic rings. The van der Waals surface area contributed by atoms with Gasteiger partial charge in [0, 0.05) is 5.57 Å². The van der Waals surface area contributed by atoms with E-state index in [1.807, 2.05) is 0 Å². The van der Waals surface area contributed by atoms with Crippen LogP contribution in [0.3, 0.4) is 0 Å². The fourth-order valence-electron chi connectivity index (χ4n) is 1.62. The molecule has 0 aliphatic carbocycles. The molecular weight excluding hydrogens is 292 g/mol. The number of hydrogen-bond donors (Lipinski definition) is 0. The first kappa shape index (κ1) is 17.0. The van der Waals surface area contributed by atoms with Crippen molar-refractivity contribution in [2.24, 2.45) is 0 Å². The fourth-order valence-corrected chi connectivity index (χ4v) is 1.62. The molecule has 0 saturated heterocycles. The van der Waals surface area contributed by atoms with Crippen molar-refractivity contribution in [3.63, 3.8) is 0 Å². The number of halogens is 4. The number of rotatable bonds is 6. The molecule has 0 atom stereocenters. The Morgan fingerprint density at radius 1 is 1.29 bits per heavy atom. The summed E-state index contributed by atoms with van der Waals surface area (Å²) in [4.78, 5) is 11.1. The number of alkyl halides is 2. The molecule has 0 aromatic heterocycles. The molecule has 0 fully saturated rings. The molecule has 0 bridgehead atoms. The third kappa shape index (κ3) is 4.47. The lowest BCUT2D eigenvalue weighted by molar-refractivity contribution is -0.170. The van der Waals surface area contributed by atoms with Gasteiger partial charge >= 0.3 is 11.9 Å². The van der Waals surface area contributed by atoms with Gasteiger partial charge in [0.05, 0.1) is 20.1 Å². The molecule has 21 heavy (non-hydrogen) atoms. The van der Waals surface area contributed by atoms with Crippen LogP contribution in [0.2, 0.25) is 0 Å². The SMILES string of the molecule is CCOC(=O)C(F)(F)CC(=C(F)F)c1cccc(OC)c1. The highest BCUT2D eigenvalue weighted by Crippen LogP contribution is 2.34. The van der Waals surface area contributed by atoms with Gasteiger partial charge in [-0.15, -0.1) is 0 Å². The Kier molecular flexibility index (Phi) is 5.75. The van der Waals surface area contributed by atoms with E-state index in [1.54, 1.807) is 0 Å². The zero-order valence-electron chi connectivity index (χ0n) is 11.5. The number of carbonyl (C=O) groups is 1. The largest absolute Gasteiger partial charge is 0.497 e. The Bertz CT molecular complexity index is 537. The number of allylic oxidation sites excluding steroid dienone is 1. The van der Waals surface area contributed by atoms with Crippen LogP contribution in [0.25, 0.3) is 5.57 Å². The molecule has 0 unspecified atom stereocenters. The van der Waals surface area contributed by atoms with Crippen molar-refractivity contribution in [3.8, 4) is 5.75 Å². The minimum absolute atomic E-state index is 0.140. The normalized spacial score (nSPS) is 11.0. The second-order valence-electron chi connectivity index (χ2n) is 4.07. The molecule has 3 nitrogen and oxygen atoms in total. The van der Waals surface area contributed by atoms with Crippen molar-refractivity contribution in [3.05, 3.63) is 35.9 Å². The van der Waals surface area contributed by atoms with Crippen LogP contribution in [0, 0.1) is 0 Å². The number of ether oxygens (including phenoxy) is 2. The summed E-state index contributed by atoms with van der Waals surface area (Å²) in [6.07, 6.45) is -3.73. The Labute approximate surface area is 119 Å². The lowest BCUT2D eigenvalue weighted by Crippen LogP contribution is -2.31. The number of carbonyl (C=O) groups excluding carboxylic acids is 1. The summed E-state index contributed by atoms with van der Waals surface area (Å²) in [6.45, 7) is 1.09. The fraction of sp³-hybridized carbons (Fsp3) is 0.357. The highest BCUT2D eigenvalue weighted by molar-refractivity contribution is 5.81. The second kappa shape index (κ2) is 7.10. The van der Waals surface area contributed by atoms with Gasteiger partial charge in [0.1, 0.15) is 5.75 Å². The molecule has 1 aromatic rings. The Balaban J connectivity index is 3.09. The van der Waals surface area contributed by atoms with Crippen LogP contribution in [0.5, 0.6) is 5.75 Å². The lowest BCUT2D eigenvalue weighted by atomic mass is 10.00. The van der Waals surface area contributed by atoms with E-state index in [9.17, 15) is 22.4 Å². The first-order valence-corrected chi connectivity index (χ1v) is 6.05. The van der Waals surface area contributed by atoms with Crippen molar-refractivity contribution in [2.75, 3.05) is 13.7 Å². The van der Waals surface area contributed by atoms with E-state index in [0.717, 1.165) is 0 Å². The molecule has 0 saturated carbocycles. The van der Waals surface area contributed by atoms with Gasteiger partial charge in [0.25, 0.3) is 6.08 Å². The van der Waals surface area contributed by atoms with Gasteiger partial charge < -0.3 is 9.47 Å². The molecule has 7 heteroatoms. The van der Waals surface area contributed by atoms with Gasteiger partial charge in [-0.25, -0.2) is 4.79 Å². The molecule has 0 amide bonds. The van der Waals surface area contributed by atoms with Crippen LogP contribution in [-0.2, 0) is 9.53 Å². The quantitative estimate of drug-likeness (QED) is 0.591. The van der Waals surface area contributed by atoms with E-state index in [1.165, 1.54) is 38.3 Å². The van der Waals surface area contributed by atoms with Gasteiger partial charge in [-0.1, -0.05) is 12.1 Å². The molecule has 1 aromatic carbocycles. The number of methoxy groups -OCH3 is 1. The van der Waals surface area contributed by atoms with Gasteiger partial charge in [0.2, 0.25) is 0 Å². The zero-order chi connectivity index (χ0) is 16.0. The minimum atomic E-state index is -4.03. The molecule has 0 N–H and O–H groups in total. The van der Waals surface area contributed by atoms with Crippen LogP contribution in [0.15, 0.2) is 30.3 Å². The Morgan fingerprint density at radius 2 is 1.95 bits per heavy atom. The van der Waals surface area contributed by atoms with E-state index >= 15 is 0 Å². The zero-order valence-corrected chi connectivity index (χ0v) is 11.5. The molecule has 116 valence electrons. The predicted octanol–water partition coefficient (Wildman–Crippen LogP) is 3.89. The lowest BCUT2D eigenvalue weighted by Gasteiger charge is -2.16. The summed E-state index contributed by atoms with van der Waals surface area (Å²) in [6, 6.07) is 5.30. The number of benzene rings is 1. The maximum Gasteiger partial charge on any atom is 0.377 e. The highest BCUT2D eigenvalue weighted by Gasteiger charge is 2.42. The smallest absolute Gasteiger partial charge is 0.377 e. The minimum Gasteiger partial charge on any atom is -0.497 e. The maximum absolute atomic E-state index is 13.6.